The van der Waals surface area contributed by atoms with Crippen LogP contribution in [-0.4, -0.2) is 34.5 Å². The molecule has 0 saturated heterocycles. The van der Waals surface area contributed by atoms with Crippen LogP contribution in [0.3, 0.4) is 0 Å². The molecule has 1 aromatic carbocycles. The predicted molar refractivity (Wildman–Crippen MR) is 99.2 cm³/mol. The van der Waals surface area contributed by atoms with Gasteiger partial charge in [-0.05, 0) is 17.8 Å². The minimum absolute atomic E-state index is 0.198. The lowest BCUT2D eigenvalue weighted by molar-refractivity contribution is 0.523. The first-order chi connectivity index (χ1) is 12.4. The zero-order valence-corrected chi connectivity index (χ0v) is 15.5. The summed E-state index contributed by atoms with van der Waals surface area (Å²) in [6.07, 6.45) is 1.48. The lowest BCUT2D eigenvalue weighted by Crippen LogP contribution is -2.24. The Morgan fingerprint density at radius 1 is 1.08 bits per heavy atom. The van der Waals surface area contributed by atoms with Gasteiger partial charge in [-0.15, -0.1) is 10.2 Å². The monoisotopic (exact) mass is 366 g/mol. The molecule has 8 nitrogen and oxygen atoms in total. The van der Waals surface area contributed by atoms with E-state index in [4.69, 9.17) is 5.84 Å². The second-order valence-corrected chi connectivity index (χ2v) is 7.83. The minimum atomic E-state index is -0.198. The second-order valence-electron chi connectivity index (χ2n) is 6.85. The number of hydrogen-bond donors (Lipinski definition) is 1. The van der Waals surface area contributed by atoms with Gasteiger partial charge in [-0.3, -0.25) is 0 Å². The molecule has 3 aromatic heterocycles. The molecule has 2 N–H and O–H groups in total. The molecular formula is C17H18N8S. The van der Waals surface area contributed by atoms with Crippen LogP contribution in [0.25, 0.3) is 17.0 Å². The van der Waals surface area contributed by atoms with Crippen LogP contribution in [0.4, 0.5) is 0 Å². The van der Waals surface area contributed by atoms with Gasteiger partial charge in [-0.1, -0.05) is 51.1 Å². The van der Waals surface area contributed by atoms with Crippen molar-refractivity contribution >= 4 is 17.5 Å². The van der Waals surface area contributed by atoms with Gasteiger partial charge in [0.15, 0.2) is 5.82 Å². The van der Waals surface area contributed by atoms with Crippen molar-refractivity contribution in [1.29, 1.82) is 0 Å². The van der Waals surface area contributed by atoms with E-state index in [0.717, 1.165) is 16.3 Å². The first kappa shape index (κ1) is 16.5. The van der Waals surface area contributed by atoms with E-state index in [0.29, 0.717) is 16.8 Å². The number of nitrogens with two attached hydrogens (primary N) is 1. The number of nitrogen functional groups attached to an aromatic ring is 1. The van der Waals surface area contributed by atoms with Gasteiger partial charge in [-0.25, -0.2) is 9.66 Å². The lowest BCUT2D eigenvalue weighted by Gasteiger charge is -2.16. The lowest BCUT2D eigenvalue weighted by atomic mass is 9.96. The van der Waals surface area contributed by atoms with Crippen LogP contribution in [0.5, 0.6) is 0 Å². The molecule has 0 fully saturated rings. The summed E-state index contributed by atoms with van der Waals surface area (Å²) in [5.41, 5.74) is 1.62. The Kier molecular flexibility index (Phi) is 3.87. The Morgan fingerprint density at radius 2 is 1.85 bits per heavy atom. The molecule has 0 aliphatic heterocycles. The fraction of sp³-hybridized carbons (Fsp3) is 0.235. The van der Waals surface area contributed by atoms with Crippen molar-refractivity contribution in [3.05, 3.63) is 48.5 Å². The van der Waals surface area contributed by atoms with Crippen LogP contribution < -0.4 is 5.84 Å². The quantitative estimate of drug-likeness (QED) is 0.439. The van der Waals surface area contributed by atoms with E-state index >= 15 is 0 Å². The number of rotatable bonds is 3. The molecule has 4 rings (SSSR count). The Bertz CT molecular complexity index is 1060. The van der Waals surface area contributed by atoms with E-state index in [-0.39, 0.29) is 5.41 Å². The van der Waals surface area contributed by atoms with Crippen LogP contribution in [0.1, 0.15) is 26.6 Å². The van der Waals surface area contributed by atoms with E-state index in [1.54, 1.807) is 4.52 Å². The van der Waals surface area contributed by atoms with Gasteiger partial charge in [-0.2, -0.15) is 14.6 Å². The second kappa shape index (κ2) is 6.10. The molecule has 0 unspecified atom stereocenters. The molecule has 0 saturated carbocycles. The summed E-state index contributed by atoms with van der Waals surface area (Å²) >= 11 is 1.38. The summed E-state index contributed by atoms with van der Waals surface area (Å²) < 4.78 is 3.19. The van der Waals surface area contributed by atoms with Crippen molar-refractivity contribution in [3.63, 3.8) is 0 Å². The molecule has 0 atom stereocenters. The van der Waals surface area contributed by atoms with Crippen molar-refractivity contribution in [1.82, 2.24) is 34.5 Å². The third-order valence-corrected chi connectivity index (χ3v) is 4.78. The third-order valence-electron chi connectivity index (χ3n) is 3.82. The molecule has 0 aliphatic rings. The standard InChI is InChI=1S/C17H18N8S/c1-17(2,3)14-22-23-16(24(14)18)26-13-9-12(11-7-5-4-6-8-11)21-15-19-10-20-25(13)15/h4-10H,18H2,1-3H3. The molecule has 0 radical (unpaired) electrons. The van der Waals surface area contributed by atoms with E-state index in [1.807, 2.05) is 57.2 Å². The maximum absolute atomic E-state index is 6.22. The Labute approximate surface area is 154 Å². The van der Waals surface area contributed by atoms with Gasteiger partial charge in [0, 0.05) is 11.0 Å². The summed E-state index contributed by atoms with van der Waals surface area (Å²) in [5.74, 6) is 7.45. The van der Waals surface area contributed by atoms with E-state index < -0.39 is 0 Å². The van der Waals surface area contributed by atoms with E-state index in [9.17, 15) is 0 Å². The summed E-state index contributed by atoms with van der Waals surface area (Å²) in [5, 5.41) is 14.1. The topological polar surface area (TPSA) is 99.8 Å². The molecule has 0 spiro atoms. The molecule has 0 bridgehead atoms. The van der Waals surface area contributed by atoms with Crippen molar-refractivity contribution in [2.45, 2.75) is 36.4 Å². The maximum Gasteiger partial charge on any atom is 0.253 e. The fourth-order valence-electron chi connectivity index (χ4n) is 2.57. The summed E-state index contributed by atoms with van der Waals surface area (Å²) in [6, 6.07) is 11.9. The highest BCUT2D eigenvalue weighted by Gasteiger charge is 2.24. The fourth-order valence-corrected chi connectivity index (χ4v) is 3.41. The highest BCUT2D eigenvalue weighted by molar-refractivity contribution is 7.99. The van der Waals surface area contributed by atoms with Crippen molar-refractivity contribution in [2.24, 2.45) is 0 Å². The molecular weight excluding hydrogens is 348 g/mol. The first-order valence-corrected chi connectivity index (χ1v) is 8.90. The Balaban J connectivity index is 1.80. The number of fused-ring (bicyclic) bond motifs is 1. The first-order valence-electron chi connectivity index (χ1n) is 8.08. The average molecular weight is 366 g/mol. The Hall–Kier alpha value is -2.94. The summed E-state index contributed by atoms with van der Waals surface area (Å²) in [7, 11) is 0. The zero-order valence-electron chi connectivity index (χ0n) is 14.7. The molecule has 0 amide bonds. The largest absolute Gasteiger partial charge is 0.336 e. The van der Waals surface area contributed by atoms with Crippen molar-refractivity contribution in [2.75, 3.05) is 5.84 Å². The van der Waals surface area contributed by atoms with Crippen LogP contribution >= 0.6 is 11.8 Å². The van der Waals surface area contributed by atoms with Crippen LogP contribution in [0, 0.1) is 0 Å². The zero-order chi connectivity index (χ0) is 18.3. The predicted octanol–water partition coefficient (Wildman–Crippen LogP) is 2.55. The molecule has 4 aromatic rings. The van der Waals surface area contributed by atoms with E-state index in [1.165, 1.54) is 22.8 Å². The van der Waals surface area contributed by atoms with E-state index in [2.05, 4.69) is 25.3 Å². The van der Waals surface area contributed by atoms with Crippen molar-refractivity contribution in [3.8, 4) is 11.3 Å². The SMILES string of the molecule is CC(C)(C)c1nnc(Sc2cc(-c3ccccc3)nc3ncnn23)n1N. The summed E-state index contributed by atoms with van der Waals surface area (Å²) in [6.45, 7) is 6.14. The molecule has 9 heteroatoms. The Morgan fingerprint density at radius 3 is 2.54 bits per heavy atom. The number of benzene rings is 1. The summed E-state index contributed by atoms with van der Waals surface area (Å²) in [4.78, 5) is 8.80. The van der Waals surface area contributed by atoms with Gasteiger partial charge >= 0.3 is 0 Å². The molecule has 26 heavy (non-hydrogen) atoms. The smallest absolute Gasteiger partial charge is 0.253 e. The molecule has 0 aliphatic carbocycles. The number of nitrogens with zero attached hydrogens (tertiary/aromatic N) is 7. The van der Waals surface area contributed by atoms with Crippen LogP contribution in [-0.2, 0) is 5.41 Å². The molecule has 3 heterocycles. The van der Waals surface area contributed by atoms with Gasteiger partial charge < -0.3 is 5.84 Å². The van der Waals surface area contributed by atoms with Gasteiger partial charge in [0.25, 0.3) is 5.78 Å². The highest BCUT2D eigenvalue weighted by Crippen LogP contribution is 2.30. The number of aromatic nitrogens is 7. The maximum atomic E-state index is 6.22. The molecule has 132 valence electrons. The van der Waals surface area contributed by atoms with Crippen molar-refractivity contribution < 1.29 is 0 Å². The van der Waals surface area contributed by atoms with Gasteiger partial charge in [0.2, 0.25) is 5.16 Å². The average Bonchev–Trinajstić information content (AvgIpc) is 3.22. The van der Waals surface area contributed by atoms with Crippen LogP contribution in [0.2, 0.25) is 0 Å². The van der Waals surface area contributed by atoms with Gasteiger partial charge in [0.1, 0.15) is 11.4 Å². The van der Waals surface area contributed by atoms with Crippen LogP contribution in [0.15, 0.2) is 52.9 Å². The third kappa shape index (κ3) is 2.90. The normalized spacial score (nSPS) is 12.0. The number of hydrogen-bond acceptors (Lipinski definition) is 7. The highest BCUT2D eigenvalue weighted by atomic mass is 32.2. The minimum Gasteiger partial charge on any atom is -0.336 e. The van der Waals surface area contributed by atoms with Gasteiger partial charge in [0.05, 0.1) is 5.69 Å².